The molecule has 5 nitrogen and oxygen atoms in total. The number of aromatic nitrogens is 2. The van der Waals surface area contributed by atoms with Crippen molar-refractivity contribution in [1.82, 2.24) is 15.5 Å². The minimum atomic E-state index is -0.495. The number of hydrogen-bond acceptors (Lipinski definition) is 4. The number of aryl methyl sites for hydroxylation is 1. The van der Waals surface area contributed by atoms with Crippen molar-refractivity contribution in [3.8, 4) is 12.3 Å². The Morgan fingerprint density at radius 2 is 2.58 bits per heavy atom. The Balaban J connectivity index is 2.44. The van der Waals surface area contributed by atoms with Crippen molar-refractivity contribution in [3.63, 3.8) is 0 Å². The quantitative estimate of drug-likeness (QED) is 0.607. The first-order chi connectivity index (χ1) is 5.72. The first-order valence-electron chi connectivity index (χ1n) is 3.26. The van der Waals surface area contributed by atoms with Gasteiger partial charge in [-0.2, -0.15) is 4.98 Å². The van der Waals surface area contributed by atoms with E-state index in [9.17, 15) is 4.79 Å². The molecular formula is C7H7N3O2. The molecule has 0 spiro atoms. The fourth-order valence-electron chi connectivity index (χ4n) is 0.619. The van der Waals surface area contributed by atoms with Gasteiger partial charge in [0.15, 0.2) is 5.82 Å². The molecule has 1 aromatic rings. The van der Waals surface area contributed by atoms with Crippen LogP contribution in [-0.2, 0) is 11.3 Å². The van der Waals surface area contributed by atoms with Gasteiger partial charge in [-0.1, -0.05) is 5.16 Å². The van der Waals surface area contributed by atoms with Crippen molar-refractivity contribution < 1.29 is 9.32 Å². The summed E-state index contributed by atoms with van der Waals surface area (Å²) in [5, 5.41) is 5.92. The van der Waals surface area contributed by atoms with Crippen LogP contribution in [0.15, 0.2) is 4.52 Å². The largest absolute Gasteiger partial charge is 0.337 e. The van der Waals surface area contributed by atoms with Crippen LogP contribution in [0, 0.1) is 19.3 Å². The standard InChI is InChI=1S/C7H7N3O2/c1-3-6(11)8-4-7-9-5(2)10-12-7/h1H,4H2,2H3,(H,8,11). The third-order valence-corrected chi connectivity index (χ3v) is 1.10. The van der Waals surface area contributed by atoms with Crippen LogP contribution < -0.4 is 5.32 Å². The SMILES string of the molecule is C#CC(=O)NCc1nc(C)no1. The van der Waals surface area contributed by atoms with E-state index < -0.39 is 5.91 Å². The summed E-state index contributed by atoms with van der Waals surface area (Å²) in [6.07, 6.45) is 4.81. The number of nitrogens with one attached hydrogen (secondary N) is 1. The van der Waals surface area contributed by atoms with Gasteiger partial charge in [0.05, 0.1) is 6.54 Å². The van der Waals surface area contributed by atoms with Gasteiger partial charge >= 0.3 is 0 Å². The molecule has 62 valence electrons. The number of nitrogens with zero attached hydrogens (tertiary/aromatic N) is 2. The summed E-state index contributed by atoms with van der Waals surface area (Å²) in [5.41, 5.74) is 0. The Labute approximate surface area is 69.2 Å². The van der Waals surface area contributed by atoms with Crippen LogP contribution in [0.25, 0.3) is 0 Å². The van der Waals surface area contributed by atoms with Crippen molar-refractivity contribution in [2.45, 2.75) is 13.5 Å². The Morgan fingerprint density at radius 1 is 1.83 bits per heavy atom. The van der Waals surface area contributed by atoms with Gasteiger partial charge in [-0.25, -0.2) is 0 Å². The van der Waals surface area contributed by atoms with E-state index in [2.05, 4.69) is 15.5 Å². The molecule has 0 aliphatic carbocycles. The maximum atomic E-state index is 10.6. The first-order valence-corrected chi connectivity index (χ1v) is 3.26. The number of hydrogen-bond donors (Lipinski definition) is 1. The van der Waals surface area contributed by atoms with E-state index in [1.807, 2.05) is 5.92 Å². The van der Waals surface area contributed by atoms with Gasteiger partial charge in [0.2, 0.25) is 5.89 Å². The summed E-state index contributed by atoms with van der Waals surface area (Å²) in [7, 11) is 0. The monoisotopic (exact) mass is 165 g/mol. The molecule has 0 saturated heterocycles. The fourth-order valence-corrected chi connectivity index (χ4v) is 0.619. The van der Waals surface area contributed by atoms with E-state index in [0.717, 1.165) is 0 Å². The van der Waals surface area contributed by atoms with Gasteiger partial charge in [-0.15, -0.1) is 6.42 Å². The molecule has 0 aliphatic heterocycles. The highest BCUT2D eigenvalue weighted by Gasteiger charge is 2.02. The van der Waals surface area contributed by atoms with Gasteiger partial charge in [0.25, 0.3) is 5.91 Å². The molecule has 5 heteroatoms. The predicted molar refractivity (Wildman–Crippen MR) is 39.7 cm³/mol. The molecule has 0 unspecified atom stereocenters. The summed E-state index contributed by atoms with van der Waals surface area (Å²) >= 11 is 0. The molecule has 1 N–H and O–H groups in total. The minimum absolute atomic E-state index is 0.171. The summed E-state index contributed by atoms with van der Waals surface area (Å²) in [4.78, 5) is 14.4. The highest BCUT2D eigenvalue weighted by atomic mass is 16.5. The molecule has 0 saturated carbocycles. The smallest absolute Gasteiger partial charge is 0.296 e. The first kappa shape index (κ1) is 8.27. The molecule has 1 amide bonds. The average molecular weight is 165 g/mol. The molecule has 0 aromatic carbocycles. The van der Waals surface area contributed by atoms with Crippen LogP contribution >= 0.6 is 0 Å². The highest BCUT2D eigenvalue weighted by Crippen LogP contribution is 1.93. The molecule has 0 fully saturated rings. The maximum Gasteiger partial charge on any atom is 0.296 e. The lowest BCUT2D eigenvalue weighted by Crippen LogP contribution is -2.20. The average Bonchev–Trinajstić information content (AvgIpc) is 2.47. The lowest BCUT2D eigenvalue weighted by Gasteiger charge is -1.92. The molecule has 1 rings (SSSR count). The molecular weight excluding hydrogens is 158 g/mol. The van der Waals surface area contributed by atoms with Crippen molar-refractivity contribution in [2.24, 2.45) is 0 Å². The van der Waals surface area contributed by atoms with Crippen LogP contribution in [0.1, 0.15) is 11.7 Å². The van der Waals surface area contributed by atoms with E-state index in [1.165, 1.54) is 0 Å². The summed E-state index contributed by atoms with van der Waals surface area (Å²) in [6, 6.07) is 0. The number of rotatable bonds is 2. The number of carbonyl (C=O) groups is 1. The van der Waals surface area contributed by atoms with Gasteiger partial charge in [-0.05, 0) is 12.8 Å². The second-order valence-electron chi connectivity index (χ2n) is 2.06. The lowest BCUT2D eigenvalue weighted by molar-refractivity contribution is -0.115. The van der Waals surface area contributed by atoms with Crippen LogP contribution in [0.2, 0.25) is 0 Å². The Hall–Kier alpha value is -1.83. The van der Waals surface area contributed by atoms with Crippen molar-refractivity contribution in [1.29, 1.82) is 0 Å². The summed E-state index contributed by atoms with van der Waals surface area (Å²) in [5.74, 6) is 2.28. The second kappa shape index (κ2) is 3.53. The normalized spacial score (nSPS) is 9.00. The van der Waals surface area contributed by atoms with Crippen LogP contribution in [0.3, 0.4) is 0 Å². The van der Waals surface area contributed by atoms with Crippen molar-refractivity contribution in [3.05, 3.63) is 11.7 Å². The molecule has 0 bridgehead atoms. The minimum Gasteiger partial charge on any atom is -0.337 e. The predicted octanol–water partition coefficient (Wildman–Crippen LogP) is -0.373. The summed E-state index contributed by atoms with van der Waals surface area (Å²) < 4.78 is 4.71. The Kier molecular flexibility index (Phi) is 2.43. The van der Waals surface area contributed by atoms with E-state index in [1.54, 1.807) is 6.92 Å². The Bertz CT molecular complexity index is 324. The molecule has 12 heavy (non-hydrogen) atoms. The van der Waals surface area contributed by atoms with E-state index in [-0.39, 0.29) is 6.54 Å². The van der Waals surface area contributed by atoms with Crippen molar-refractivity contribution >= 4 is 5.91 Å². The van der Waals surface area contributed by atoms with Crippen LogP contribution in [0.5, 0.6) is 0 Å². The summed E-state index contributed by atoms with van der Waals surface area (Å²) in [6.45, 7) is 1.86. The second-order valence-corrected chi connectivity index (χ2v) is 2.06. The zero-order valence-electron chi connectivity index (χ0n) is 6.50. The number of carbonyl (C=O) groups excluding carboxylic acids is 1. The van der Waals surface area contributed by atoms with Gasteiger partial charge in [-0.3, -0.25) is 4.79 Å². The van der Waals surface area contributed by atoms with Crippen LogP contribution in [0.4, 0.5) is 0 Å². The van der Waals surface area contributed by atoms with E-state index in [0.29, 0.717) is 11.7 Å². The number of amides is 1. The third kappa shape index (κ3) is 2.09. The zero-order valence-corrected chi connectivity index (χ0v) is 6.50. The number of terminal acetylenes is 1. The fraction of sp³-hybridized carbons (Fsp3) is 0.286. The molecule has 0 aliphatic rings. The highest BCUT2D eigenvalue weighted by molar-refractivity contribution is 5.92. The van der Waals surface area contributed by atoms with E-state index >= 15 is 0 Å². The molecule has 0 atom stereocenters. The van der Waals surface area contributed by atoms with Gasteiger partial charge in [0.1, 0.15) is 0 Å². The van der Waals surface area contributed by atoms with Crippen molar-refractivity contribution in [2.75, 3.05) is 0 Å². The van der Waals surface area contributed by atoms with E-state index in [4.69, 9.17) is 10.9 Å². The van der Waals surface area contributed by atoms with Gasteiger partial charge < -0.3 is 9.84 Å². The van der Waals surface area contributed by atoms with Crippen LogP contribution in [-0.4, -0.2) is 16.0 Å². The zero-order chi connectivity index (χ0) is 8.97. The third-order valence-electron chi connectivity index (χ3n) is 1.10. The topological polar surface area (TPSA) is 68.0 Å². The Morgan fingerprint density at radius 3 is 3.08 bits per heavy atom. The lowest BCUT2D eigenvalue weighted by atomic mass is 10.5. The maximum absolute atomic E-state index is 10.6. The molecule has 1 heterocycles. The van der Waals surface area contributed by atoms with Gasteiger partial charge in [0, 0.05) is 0 Å². The molecule has 0 radical (unpaired) electrons. The molecule has 1 aromatic heterocycles.